The van der Waals surface area contributed by atoms with Crippen molar-refractivity contribution in [3.8, 4) is 0 Å². The molecule has 182 valence electrons. The van der Waals surface area contributed by atoms with E-state index in [2.05, 4.69) is 58.9 Å². The molecule has 2 N–H and O–H groups in total. The normalized spacial score (nSPS) is 12.9. The van der Waals surface area contributed by atoms with E-state index in [9.17, 15) is 13.0 Å². The summed E-state index contributed by atoms with van der Waals surface area (Å²) in [6.07, 6.45) is 8.05. The second-order valence-electron chi connectivity index (χ2n) is 8.49. The first kappa shape index (κ1) is 24.2. The zero-order valence-electron chi connectivity index (χ0n) is 19.8. The van der Waals surface area contributed by atoms with Crippen LogP contribution in [-0.2, 0) is 10.1 Å². The Hall–Kier alpha value is -4.52. The Morgan fingerprint density at radius 1 is 0.622 bits per heavy atom. The Kier molecular flexibility index (Phi) is 6.94. The van der Waals surface area contributed by atoms with E-state index >= 15 is 0 Å². The van der Waals surface area contributed by atoms with Gasteiger partial charge in [-0.05, 0) is 70.8 Å². The van der Waals surface area contributed by atoms with Crippen LogP contribution in [0.5, 0.6) is 0 Å². The van der Waals surface area contributed by atoms with E-state index in [-0.39, 0.29) is 4.90 Å². The number of rotatable bonds is 6. The average molecular weight is 505 g/mol. The Balaban J connectivity index is 1.44. The molecule has 0 saturated carbocycles. The summed E-state index contributed by atoms with van der Waals surface area (Å²) in [5.41, 5.74) is 7.97. The maximum absolute atomic E-state index is 11.2. The molecular weight excluding hydrogens is 480 g/mol. The summed E-state index contributed by atoms with van der Waals surface area (Å²) in [5, 5.41) is 3.42. The van der Waals surface area contributed by atoms with E-state index < -0.39 is 10.1 Å². The third kappa shape index (κ3) is 6.01. The van der Waals surface area contributed by atoms with Crippen molar-refractivity contribution < 1.29 is 18.0 Å². The zero-order valence-corrected chi connectivity index (χ0v) is 20.7. The topological polar surface area (TPSA) is 83.2 Å². The standard InChI is InChI=1S/C31H24N2O3S/c34-37(35,36)30-21-19-29(20-22-30)33-28-17-13-25(14-18-28)31(23-7-3-1-4-8-23)24-11-15-27(16-12-24)32-26-9-5-2-6-10-26/h1-22,32H,(H,34,35,36). The minimum atomic E-state index is -4.46. The third-order valence-corrected chi connectivity index (χ3v) is 6.75. The highest BCUT2D eigenvalue weighted by Crippen LogP contribution is 2.30. The SMILES string of the molecule is O=S(=O)([O-])c1ccc([NH+]=C2C=CC(=C(c3ccccc3)c3ccc(Nc4ccccc4)cc3)C=C2)cc1. The molecule has 0 radical (unpaired) electrons. The maximum Gasteiger partial charge on any atom is 0.204 e. The molecule has 0 spiro atoms. The second kappa shape index (κ2) is 10.6. The van der Waals surface area contributed by atoms with Crippen LogP contribution in [0.25, 0.3) is 5.57 Å². The van der Waals surface area contributed by atoms with E-state index in [4.69, 9.17) is 0 Å². The van der Waals surface area contributed by atoms with Crippen molar-refractivity contribution in [2.24, 2.45) is 0 Å². The Morgan fingerprint density at radius 3 is 1.76 bits per heavy atom. The molecular formula is C31H24N2O3S. The Morgan fingerprint density at radius 2 is 1.16 bits per heavy atom. The van der Waals surface area contributed by atoms with Crippen LogP contribution in [0.15, 0.2) is 144 Å². The summed E-state index contributed by atoms with van der Waals surface area (Å²) in [7, 11) is -4.46. The van der Waals surface area contributed by atoms with E-state index in [1.165, 1.54) is 12.1 Å². The quantitative estimate of drug-likeness (QED) is 0.357. The van der Waals surface area contributed by atoms with E-state index in [1.807, 2.05) is 60.7 Å². The smallest absolute Gasteiger partial charge is 0.204 e. The van der Waals surface area contributed by atoms with Crippen molar-refractivity contribution in [3.05, 3.63) is 150 Å². The summed E-state index contributed by atoms with van der Waals surface area (Å²) in [5.74, 6) is 0. The van der Waals surface area contributed by atoms with Crippen LogP contribution in [0.1, 0.15) is 11.1 Å². The molecule has 5 nitrogen and oxygen atoms in total. The van der Waals surface area contributed by atoms with Crippen molar-refractivity contribution in [2.75, 3.05) is 5.32 Å². The number of hydrogen-bond donors (Lipinski definition) is 2. The highest BCUT2D eigenvalue weighted by molar-refractivity contribution is 7.85. The largest absolute Gasteiger partial charge is 0.744 e. The van der Waals surface area contributed by atoms with Crippen molar-refractivity contribution in [1.82, 2.24) is 0 Å². The molecule has 37 heavy (non-hydrogen) atoms. The fraction of sp³-hybridized carbons (Fsp3) is 0. The molecule has 4 aromatic carbocycles. The molecule has 0 heterocycles. The molecule has 0 aliphatic heterocycles. The van der Waals surface area contributed by atoms with Crippen molar-refractivity contribution in [2.45, 2.75) is 4.90 Å². The van der Waals surface area contributed by atoms with E-state index in [0.717, 1.165) is 39.4 Å². The highest BCUT2D eigenvalue weighted by Gasteiger charge is 2.13. The summed E-state index contributed by atoms with van der Waals surface area (Å²) < 4.78 is 33.5. The van der Waals surface area contributed by atoms with Gasteiger partial charge in [-0.1, -0.05) is 60.7 Å². The molecule has 0 fully saturated rings. The first-order valence-corrected chi connectivity index (χ1v) is 13.1. The number of para-hydroxylation sites is 1. The van der Waals surface area contributed by atoms with E-state index in [1.54, 1.807) is 12.1 Å². The van der Waals surface area contributed by atoms with Gasteiger partial charge in [-0.2, -0.15) is 0 Å². The van der Waals surface area contributed by atoms with Gasteiger partial charge in [-0.3, -0.25) is 0 Å². The Labute approximate surface area is 216 Å². The van der Waals surface area contributed by atoms with Gasteiger partial charge in [-0.15, -0.1) is 0 Å². The van der Waals surface area contributed by atoms with Crippen molar-refractivity contribution in [3.63, 3.8) is 0 Å². The monoisotopic (exact) mass is 504 g/mol. The van der Waals surface area contributed by atoms with E-state index in [0.29, 0.717) is 5.69 Å². The van der Waals surface area contributed by atoms with Crippen LogP contribution in [-0.4, -0.2) is 18.7 Å². The lowest BCUT2D eigenvalue weighted by molar-refractivity contribution is -0.351. The number of benzene rings is 4. The third-order valence-electron chi connectivity index (χ3n) is 5.90. The molecule has 0 amide bonds. The lowest BCUT2D eigenvalue weighted by Crippen LogP contribution is -2.65. The molecule has 5 rings (SSSR count). The van der Waals surface area contributed by atoms with Crippen molar-refractivity contribution >= 4 is 38.5 Å². The summed E-state index contributed by atoms with van der Waals surface area (Å²) in [4.78, 5) is 2.99. The number of anilines is 2. The van der Waals surface area contributed by atoms with Gasteiger partial charge in [0, 0.05) is 35.7 Å². The highest BCUT2D eigenvalue weighted by atomic mass is 32.2. The van der Waals surface area contributed by atoms with Crippen LogP contribution < -0.4 is 10.3 Å². The van der Waals surface area contributed by atoms with Crippen LogP contribution in [0.4, 0.5) is 17.1 Å². The second-order valence-corrected chi connectivity index (χ2v) is 9.87. The molecule has 4 aromatic rings. The van der Waals surface area contributed by atoms with Gasteiger partial charge >= 0.3 is 0 Å². The maximum atomic E-state index is 11.2. The van der Waals surface area contributed by atoms with Gasteiger partial charge in [0.2, 0.25) is 11.4 Å². The summed E-state index contributed by atoms with van der Waals surface area (Å²) in [6, 6.07) is 34.5. The van der Waals surface area contributed by atoms with Crippen LogP contribution in [0.3, 0.4) is 0 Å². The number of hydrogen-bond acceptors (Lipinski definition) is 4. The molecule has 6 heteroatoms. The number of nitrogens with one attached hydrogen (secondary N) is 2. The lowest BCUT2D eigenvalue weighted by Gasteiger charge is -2.14. The van der Waals surface area contributed by atoms with Crippen LogP contribution >= 0.6 is 0 Å². The zero-order chi connectivity index (χ0) is 25.7. The molecule has 1 aliphatic carbocycles. The van der Waals surface area contributed by atoms with Gasteiger partial charge < -0.3 is 9.87 Å². The first-order chi connectivity index (χ1) is 18.0. The minimum Gasteiger partial charge on any atom is -0.744 e. The summed E-state index contributed by atoms with van der Waals surface area (Å²) >= 11 is 0. The van der Waals surface area contributed by atoms with Crippen molar-refractivity contribution in [1.29, 1.82) is 0 Å². The van der Waals surface area contributed by atoms with Gasteiger partial charge in [0.25, 0.3) is 0 Å². The summed E-state index contributed by atoms with van der Waals surface area (Å²) in [6.45, 7) is 0. The van der Waals surface area contributed by atoms with Gasteiger partial charge in [-0.25, -0.2) is 13.4 Å². The lowest BCUT2D eigenvalue weighted by atomic mass is 9.91. The molecule has 0 unspecified atom stereocenters. The number of allylic oxidation sites excluding steroid dienone is 5. The van der Waals surface area contributed by atoms with Gasteiger partial charge in [0.1, 0.15) is 10.1 Å². The first-order valence-electron chi connectivity index (χ1n) is 11.7. The van der Waals surface area contributed by atoms with Gasteiger partial charge in [0.15, 0.2) is 0 Å². The fourth-order valence-corrected chi connectivity index (χ4v) is 4.57. The van der Waals surface area contributed by atoms with Crippen LogP contribution in [0, 0.1) is 0 Å². The molecule has 0 aromatic heterocycles. The predicted octanol–water partition coefficient (Wildman–Crippen LogP) is 5.12. The molecule has 0 saturated heterocycles. The fourth-order valence-electron chi connectivity index (χ4n) is 4.11. The average Bonchev–Trinajstić information content (AvgIpc) is 2.92. The molecule has 1 aliphatic rings. The van der Waals surface area contributed by atoms with Gasteiger partial charge in [0.05, 0.1) is 4.90 Å². The minimum absolute atomic E-state index is 0.250. The van der Waals surface area contributed by atoms with Crippen LogP contribution in [0.2, 0.25) is 0 Å². The molecule has 0 bridgehead atoms. The predicted molar refractivity (Wildman–Crippen MR) is 147 cm³/mol. The Bertz CT molecular complexity index is 1600. The molecule has 0 atom stereocenters.